The maximum Gasteiger partial charge on any atom is 0.221 e. The SMILES string of the molecule is CC(=O)Nc1c(C(C)C)cccc1C(C)C.CC(C)c1cccc(N)c1C(C)C. The summed E-state index contributed by atoms with van der Waals surface area (Å²) in [5.74, 6) is 1.90. The monoisotopic (exact) mass is 396 g/mol. The van der Waals surface area contributed by atoms with Gasteiger partial charge < -0.3 is 11.1 Å². The van der Waals surface area contributed by atoms with Crippen molar-refractivity contribution < 1.29 is 4.79 Å². The first-order valence-electron chi connectivity index (χ1n) is 10.8. The number of nitrogens with two attached hydrogens (primary N) is 1. The Bertz CT molecular complexity index is 778. The predicted molar refractivity (Wildman–Crippen MR) is 128 cm³/mol. The lowest BCUT2D eigenvalue weighted by Crippen LogP contribution is -2.12. The van der Waals surface area contributed by atoms with Crippen LogP contribution in [0.1, 0.15) is 108 Å². The number of hydrogen-bond acceptors (Lipinski definition) is 2. The Balaban J connectivity index is 0.000000296. The van der Waals surface area contributed by atoms with Gasteiger partial charge in [-0.15, -0.1) is 0 Å². The molecule has 0 atom stereocenters. The van der Waals surface area contributed by atoms with E-state index in [4.69, 9.17) is 5.73 Å². The van der Waals surface area contributed by atoms with Gasteiger partial charge in [0.05, 0.1) is 0 Å². The first kappa shape index (κ1) is 24.7. The maximum absolute atomic E-state index is 11.3. The molecule has 2 rings (SSSR count). The number of carbonyl (C=O) groups excluding carboxylic acids is 1. The molecule has 3 N–H and O–H groups in total. The van der Waals surface area contributed by atoms with E-state index in [0.717, 1.165) is 11.4 Å². The van der Waals surface area contributed by atoms with Crippen LogP contribution in [-0.2, 0) is 4.79 Å². The molecule has 0 saturated heterocycles. The Morgan fingerprint density at radius 1 is 0.724 bits per heavy atom. The van der Waals surface area contributed by atoms with Crippen LogP contribution in [0.5, 0.6) is 0 Å². The molecule has 0 aliphatic heterocycles. The molecule has 0 unspecified atom stereocenters. The normalized spacial score (nSPS) is 11.1. The standard InChI is InChI=1S/C14H21NO.C12H19N/c1-9(2)12-7-6-8-13(10(3)4)14(12)15-11(5)16;1-8(2)10-6-5-7-11(13)12(10)9(3)4/h6-10H,1-5H3,(H,15,16);5-9H,13H2,1-4H3. The quantitative estimate of drug-likeness (QED) is 0.517. The lowest BCUT2D eigenvalue weighted by molar-refractivity contribution is -0.114. The van der Waals surface area contributed by atoms with E-state index in [1.807, 2.05) is 12.1 Å². The lowest BCUT2D eigenvalue weighted by Gasteiger charge is -2.19. The zero-order valence-electron chi connectivity index (χ0n) is 19.8. The van der Waals surface area contributed by atoms with Crippen molar-refractivity contribution in [2.24, 2.45) is 0 Å². The van der Waals surface area contributed by atoms with Crippen LogP contribution in [0.25, 0.3) is 0 Å². The van der Waals surface area contributed by atoms with Crippen molar-refractivity contribution in [2.75, 3.05) is 11.1 Å². The summed E-state index contributed by atoms with van der Waals surface area (Å²) < 4.78 is 0. The van der Waals surface area contributed by atoms with Crippen LogP contribution in [0.3, 0.4) is 0 Å². The van der Waals surface area contributed by atoms with Gasteiger partial charge in [-0.05, 0) is 52.0 Å². The van der Waals surface area contributed by atoms with E-state index < -0.39 is 0 Å². The van der Waals surface area contributed by atoms with Gasteiger partial charge in [0, 0.05) is 18.3 Å². The van der Waals surface area contributed by atoms with E-state index in [-0.39, 0.29) is 5.91 Å². The molecule has 1 amide bonds. The fourth-order valence-electron chi connectivity index (χ4n) is 3.64. The second-order valence-corrected chi connectivity index (χ2v) is 8.96. The van der Waals surface area contributed by atoms with Crippen molar-refractivity contribution in [2.45, 2.75) is 86.0 Å². The molecule has 0 aliphatic rings. The van der Waals surface area contributed by atoms with Crippen LogP contribution in [-0.4, -0.2) is 5.91 Å². The van der Waals surface area contributed by atoms with E-state index in [2.05, 4.69) is 85.0 Å². The van der Waals surface area contributed by atoms with Crippen LogP contribution < -0.4 is 11.1 Å². The molecule has 29 heavy (non-hydrogen) atoms. The Kier molecular flexibility index (Phi) is 9.42. The van der Waals surface area contributed by atoms with Crippen LogP contribution in [0.15, 0.2) is 36.4 Å². The molecule has 160 valence electrons. The summed E-state index contributed by atoms with van der Waals surface area (Å²) in [7, 11) is 0. The second kappa shape index (κ2) is 11.0. The molecule has 0 bridgehead atoms. The molecule has 0 spiro atoms. The van der Waals surface area contributed by atoms with E-state index in [9.17, 15) is 4.79 Å². The van der Waals surface area contributed by atoms with Gasteiger partial charge in [-0.3, -0.25) is 4.79 Å². The summed E-state index contributed by atoms with van der Waals surface area (Å²) in [5, 5.41) is 2.97. The van der Waals surface area contributed by atoms with Gasteiger partial charge in [-0.1, -0.05) is 85.7 Å². The van der Waals surface area contributed by atoms with Gasteiger partial charge in [0.15, 0.2) is 0 Å². The highest BCUT2D eigenvalue weighted by molar-refractivity contribution is 5.90. The van der Waals surface area contributed by atoms with E-state index in [1.165, 1.54) is 22.3 Å². The average Bonchev–Trinajstić information content (AvgIpc) is 2.60. The number of anilines is 2. The number of rotatable bonds is 5. The highest BCUT2D eigenvalue weighted by Crippen LogP contribution is 2.32. The molecule has 0 aromatic heterocycles. The molecule has 0 radical (unpaired) electrons. The van der Waals surface area contributed by atoms with Gasteiger partial charge in [-0.2, -0.15) is 0 Å². The molecule has 2 aromatic carbocycles. The summed E-state index contributed by atoms with van der Waals surface area (Å²) in [6, 6.07) is 12.4. The molecule has 3 nitrogen and oxygen atoms in total. The zero-order valence-corrected chi connectivity index (χ0v) is 19.8. The molecule has 3 heteroatoms. The first-order valence-corrected chi connectivity index (χ1v) is 10.8. The van der Waals surface area contributed by atoms with Crippen LogP contribution in [0, 0.1) is 0 Å². The van der Waals surface area contributed by atoms with Crippen molar-refractivity contribution in [3.63, 3.8) is 0 Å². The molecular weight excluding hydrogens is 356 g/mol. The van der Waals surface area contributed by atoms with Gasteiger partial charge in [0.1, 0.15) is 0 Å². The third-order valence-electron chi connectivity index (χ3n) is 5.05. The minimum atomic E-state index is -0.00463. The molecule has 0 saturated carbocycles. The Labute approximate surface area is 178 Å². The number of amides is 1. The Morgan fingerprint density at radius 2 is 1.14 bits per heavy atom. The number of nitrogens with one attached hydrogen (secondary N) is 1. The van der Waals surface area contributed by atoms with Gasteiger partial charge in [0.2, 0.25) is 5.91 Å². The summed E-state index contributed by atoms with van der Waals surface area (Å²) >= 11 is 0. The molecule has 0 fully saturated rings. The average molecular weight is 397 g/mol. The minimum absolute atomic E-state index is 0.00463. The third-order valence-corrected chi connectivity index (χ3v) is 5.05. The zero-order chi connectivity index (χ0) is 22.3. The van der Waals surface area contributed by atoms with Crippen molar-refractivity contribution in [1.29, 1.82) is 0 Å². The first-order chi connectivity index (χ1) is 13.5. The minimum Gasteiger partial charge on any atom is -0.398 e. The molecule has 0 aliphatic carbocycles. The van der Waals surface area contributed by atoms with Crippen molar-refractivity contribution in [1.82, 2.24) is 0 Å². The molecule has 0 heterocycles. The Hall–Kier alpha value is -2.29. The smallest absolute Gasteiger partial charge is 0.221 e. The summed E-state index contributed by atoms with van der Waals surface area (Å²) in [5.41, 5.74) is 13.0. The number of hydrogen-bond donors (Lipinski definition) is 2. The topological polar surface area (TPSA) is 55.1 Å². The van der Waals surface area contributed by atoms with Gasteiger partial charge >= 0.3 is 0 Å². The summed E-state index contributed by atoms with van der Waals surface area (Å²) in [6.45, 7) is 18.9. The van der Waals surface area contributed by atoms with Crippen molar-refractivity contribution in [3.8, 4) is 0 Å². The van der Waals surface area contributed by atoms with Crippen LogP contribution in [0.4, 0.5) is 11.4 Å². The molecular formula is C26H40N2O. The Morgan fingerprint density at radius 3 is 1.48 bits per heavy atom. The summed E-state index contributed by atoms with van der Waals surface area (Å²) in [4.78, 5) is 11.3. The third kappa shape index (κ3) is 6.92. The summed E-state index contributed by atoms with van der Waals surface area (Å²) in [6.07, 6.45) is 0. The maximum atomic E-state index is 11.3. The number of para-hydroxylation sites is 1. The largest absolute Gasteiger partial charge is 0.398 e. The molecule has 2 aromatic rings. The van der Waals surface area contributed by atoms with Crippen molar-refractivity contribution in [3.05, 3.63) is 58.7 Å². The van der Waals surface area contributed by atoms with E-state index in [1.54, 1.807) is 6.92 Å². The number of carbonyl (C=O) groups is 1. The van der Waals surface area contributed by atoms with Crippen LogP contribution in [0.2, 0.25) is 0 Å². The lowest BCUT2D eigenvalue weighted by atomic mass is 9.89. The van der Waals surface area contributed by atoms with Crippen LogP contribution >= 0.6 is 0 Å². The van der Waals surface area contributed by atoms with Gasteiger partial charge in [0.25, 0.3) is 0 Å². The predicted octanol–water partition coefficient (Wildman–Crippen LogP) is 7.41. The highest BCUT2D eigenvalue weighted by Gasteiger charge is 2.14. The second-order valence-electron chi connectivity index (χ2n) is 8.96. The van der Waals surface area contributed by atoms with E-state index in [0.29, 0.717) is 23.7 Å². The number of nitrogen functional groups attached to an aromatic ring is 1. The fourth-order valence-corrected chi connectivity index (χ4v) is 3.64. The fraction of sp³-hybridized carbons (Fsp3) is 0.500. The highest BCUT2D eigenvalue weighted by atomic mass is 16.1. The number of benzene rings is 2. The van der Waals surface area contributed by atoms with Gasteiger partial charge in [-0.25, -0.2) is 0 Å². The van der Waals surface area contributed by atoms with E-state index >= 15 is 0 Å². The van der Waals surface area contributed by atoms with Crippen molar-refractivity contribution >= 4 is 17.3 Å².